The van der Waals surface area contributed by atoms with E-state index in [0.717, 1.165) is 25.6 Å². The average Bonchev–Trinajstić information content (AvgIpc) is 2.71. The molecule has 0 atom stereocenters. The van der Waals surface area contributed by atoms with E-state index in [1.807, 2.05) is 68.4 Å². The molecule has 0 saturated heterocycles. The van der Waals surface area contributed by atoms with Gasteiger partial charge in [-0.2, -0.15) is 5.10 Å². The van der Waals surface area contributed by atoms with Crippen LogP contribution in [-0.4, -0.2) is 12.1 Å². The Morgan fingerprint density at radius 3 is 2.45 bits per heavy atom. The smallest absolute Gasteiger partial charge is 0.244 e. The quantitative estimate of drug-likeness (QED) is 0.255. The van der Waals surface area contributed by atoms with Gasteiger partial charge in [0.15, 0.2) is 0 Å². The van der Waals surface area contributed by atoms with Gasteiger partial charge in [0.1, 0.15) is 12.4 Å². The highest BCUT2D eigenvalue weighted by Gasteiger charge is 2.10. The molecule has 0 fully saturated rings. The molecule has 7 heteroatoms. The van der Waals surface area contributed by atoms with E-state index in [1.165, 1.54) is 11.1 Å². The summed E-state index contributed by atoms with van der Waals surface area (Å²) in [5.74, 6) is 0.494. The van der Waals surface area contributed by atoms with Crippen molar-refractivity contribution >= 4 is 55.6 Å². The molecule has 0 bridgehead atoms. The molecule has 3 aromatic rings. The first-order valence-corrected chi connectivity index (χ1v) is 11.5. The predicted octanol–water partition coefficient (Wildman–Crippen LogP) is 6.75. The molecule has 3 rings (SSSR count). The van der Waals surface area contributed by atoms with Crippen LogP contribution < -0.4 is 10.2 Å². The zero-order chi connectivity index (χ0) is 22.4. The third-order valence-electron chi connectivity index (χ3n) is 4.69. The van der Waals surface area contributed by atoms with Gasteiger partial charge in [-0.25, -0.2) is 5.43 Å². The molecule has 0 heterocycles. The van der Waals surface area contributed by atoms with Gasteiger partial charge in [0.2, 0.25) is 5.91 Å². The highest BCUT2D eigenvalue weighted by Crippen LogP contribution is 2.35. The highest BCUT2D eigenvalue weighted by atomic mass is 79.9. The van der Waals surface area contributed by atoms with Gasteiger partial charge < -0.3 is 4.74 Å². The summed E-state index contributed by atoms with van der Waals surface area (Å²) in [4.78, 5) is 12.2. The number of aryl methyl sites for hydroxylation is 2. The number of halogens is 3. The van der Waals surface area contributed by atoms with Gasteiger partial charge in [-0.1, -0.05) is 48.0 Å². The molecular formula is C24H21Br2ClN2O2. The number of rotatable bonds is 7. The summed E-state index contributed by atoms with van der Waals surface area (Å²) in [6, 6.07) is 17.3. The summed E-state index contributed by atoms with van der Waals surface area (Å²) >= 11 is 13.2. The molecule has 4 nitrogen and oxygen atoms in total. The Morgan fingerprint density at radius 1 is 1.06 bits per heavy atom. The molecule has 0 aliphatic rings. The second-order valence-electron chi connectivity index (χ2n) is 7.08. The molecule has 0 saturated carbocycles. The molecule has 160 valence electrons. The van der Waals surface area contributed by atoms with Gasteiger partial charge in [-0.15, -0.1) is 0 Å². The Labute approximate surface area is 203 Å². The SMILES string of the molecule is Cc1ccc(CC(=O)N/N=C\c2cc(Br)c(OCc3ccccc3Cl)c(Br)c2)cc1C. The predicted molar refractivity (Wildman–Crippen MR) is 133 cm³/mol. The van der Waals surface area contributed by atoms with Crippen LogP contribution in [-0.2, 0) is 17.8 Å². The first-order valence-electron chi connectivity index (χ1n) is 9.57. The number of ether oxygens (including phenoxy) is 1. The summed E-state index contributed by atoms with van der Waals surface area (Å²) in [6.07, 6.45) is 1.87. The van der Waals surface area contributed by atoms with Crippen molar-refractivity contribution in [1.29, 1.82) is 0 Å². The Bertz CT molecular complexity index is 1110. The number of hydrogen-bond donors (Lipinski definition) is 1. The van der Waals surface area contributed by atoms with E-state index >= 15 is 0 Å². The number of nitrogens with zero attached hydrogens (tertiary/aromatic N) is 1. The molecule has 31 heavy (non-hydrogen) atoms. The maximum atomic E-state index is 12.2. The molecule has 0 aliphatic carbocycles. The van der Waals surface area contributed by atoms with Crippen LogP contribution in [0.25, 0.3) is 0 Å². The van der Waals surface area contributed by atoms with Crippen LogP contribution in [0.5, 0.6) is 5.75 Å². The number of hydrogen-bond acceptors (Lipinski definition) is 3. The number of carbonyl (C=O) groups is 1. The molecule has 1 N–H and O–H groups in total. The monoisotopic (exact) mass is 562 g/mol. The molecular weight excluding hydrogens is 544 g/mol. The van der Waals surface area contributed by atoms with E-state index in [-0.39, 0.29) is 12.3 Å². The van der Waals surface area contributed by atoms with Crippen LogP contribution >= 0.6 is 43.5 Å². The largest absolute Gasteiger partial charge is 0.486 e. The van der Waals surface area contributed by atoms with Gasteiger partial charge in [-0.05, 0) is 86.2 Å². The van der Waals surface area contributed by atoms with Gasteiger partial charge >= 0.3 is 0 Å². The summed E-state index contributed by atoms with van der Waals surface area (Å²) in [5, 5.41) is 4.73. The standard InChI is InChI=1S/C24H21Br2ClN2O2/c1-15-7-8-17(9-16(15)2)12-23(30)29-28-13-18-10-20(25)24(21(26)11-18)31-14-19-5-3-4-6-22(19)27/h3-11,13H,12,14H2,1-2H3,(H,29,30)/b28-13-. The number of nitrogens with one attached hydrogen (secondary N) is 1. The summed E-state index contributed by atoms with van der Waals surface area (Å²) < 4.78 is 7.45. The molecule has 0 spiro atoms. The number of amides is 1. The van der Waals surface area contributed by atoms with Gasteiger partial charge in [0.05, 0.1) is 21.6 Å². The zero-order valence-corrected chi connectivity index (χ0v) is 21.0. The normalized spacial score (nSPS) is 11.0. The van der Waals surface area contributed by atoms with E-state index in [0.29, 0.717) is 17.4 Å². The second-order valence-corrected chi connectivity index (χ2v) is 9.20. The fourth-order valence-electron chi connectivity index (χ4n) is 2.87. The number of carbonyl (C=O) groups excluding carboxylic acids is 1. The van der Waals surface area contributed by atoms with Crippen LogP contribution in [0.4, 0.5) is 0 Å². The van der Waals surface area contributed by atoms with Crippen molar-refractivity contribution in [2.45, 2.75) is 26.9 Å². The van der Waals surface area contributed by atoms with Crippen LogP contribution in [0, 0.1) is 13.8 Å². The third-order valence-corrected chi connectivity index (χ3v) is 6.24. The molecule has 3 aromatic carbocycles. The Hall–Kier alpha value is -2.15. The first-order chi connectivity index (χ1) is 14.8. The number of benzene rings is 3. The van der Waals surface area contributed by atoms with Crippen molar-refractivity contribution in [2.24, 2.45) is 5.10 Å². The topological polar surface area (TPSA) is 50.7 Å². The van der Waals surface area contributed by atoms with Crippen molar-refractivity contribution in [3.63, 3.8) is 0 Å². The lowest BCUT2D eigenvalue weighted by Gasteiger charge is -2.12. The van der Waals surface area contributed by atoms with Crippen molar-refractivity contribution < 1.29 is 9.53 Å². The van der Waals surface area contributed by atoms with E-state index in [1.54, 1.807) is 6.21 Å². The van der Waals surface area contributed by atoms with Crippen LogP contribution in [0.1, 0.15) is 27.8 Å². The van der Waals surface area contributed by atoms with Gasteiger partial charge in [0.25, 0.3) is 0 Å². The van der Waals surface area contributed by atoms with E-state index < -0.39 is 0 Å². The van der Waals surface area contributed by atoms with E-state index in [4.69, 9.17) is 16.3 Å². The van der Waals surface area contributed by atoms with Crippen molar-refractivity contribution in [3.05, 3.63) is 96.4 Å². The zero-order valence-electron chi connectivity index (χ0n) is 17.1. The van der Waals surface area contributed by atoms with Crippen LogP contribution in [0.15, 0.2) is 68.6 Å². The van der Waals surface area contributed by atoms with Gasteiger partial charge in [0, 0.05) is 10.6 Å². The van der Waals surface area contributed by atoms with E-state index in [9.17, 15) is 4.79 Å². The summed E-state index contributed by atoms with van der Waals surface area (Å²) in [6.45, 7) is 4.43. The third kappa shape index (κ3) is 6.66. The molecule has 0 unspecified atom stereocenters. The Morgan fingerprint density at radius 2 is 1.77 bits per heavy atom. The molecule has 0 radical (unpaired) electrons. The van der Waals surface area contributed by atoms with Crippen molar-refractivity contribution in [3.8, 4) is 5.75 Å². The van der Waals surface area contributed by atoms with E-state index in [2.05, 4.69) is 42.4 Å². The molecule has 0 aromatic heterocycles. The minimum atomic E-state index is -0.169. The Balaban J connectivity index is 1.60. The highest BCUT2D eigenvalue weighted by molar-refractivity contribution is 9.11. The number of hydrazone groups is 1. The Kier molecular flexibility index (Phi) is 8.29. The molecule has 0 aliphatic heterocycles. The lowest BCUT2D eigenvalue weighted by Crippen LogP contribution is -2.19. The first kappa shape index (κ1) is 23.5. The lowest BCUT2D eigenvalue weighted by atomic mass is 10.0. The maximum absolute atomic E-state index is 12.2. The minimum Gasteiger partial charge on any atom is -0.486 e. The summed E-state index contributed by atoms with van der Waals surface area (Å²) in [5.41, 5.74) is 7.61. The maximum Gasteiger partial charge on any atom is 0.244 e. The van der Waals surface area contributed by atoms with Gasteiger partial charge in [-0.3, -0.25) is 4.79 Å². The van der Waals surface area contributed by atoms with Crippen molar-refractivity contribution in [1.82, 2.24) is 5.43 Å². The van der Waals surface area contributed by atoms with Crippen molar-refractivity contribution in [2.75, 3.05) is 0 Å². The minimum absolute atomic E-state index is 0.169. The summed E-state index contributed by atoms with van der Waals surface area (Å²) in [7, 11) is 0. The average molecular weight is 565 g/mol. The fraction of sp³-hybridized carbons (Fsp3) is 0.167. The second kappa shape index (κ2) is 10.9. The van der Waals surface area contributed by atoms with Crippen LogP contribution in [0.3, 0.4) is 0 Å². The van der Waals surface area contributed by atoms with Crippen LogP contribution in [0.2, 0.25) is 5.02 Å². The lowest BCUT2D eigenvalue weighted by molar-refractivity contribution is -0.120. The fourth-order valence-corrected chi connectivity index (χ4v) is 4.52. The molecule has 1 amide bonds.